The Morgan fingerprint density at radius 1 is 1.33 bits per heavy atom. The summed E-state index contributed by atoms with van der Waals surface area (Å²) in [7, 11) is 1.58. The van der Waals surface area contributed by atoms with E-state index in [1.165, 1.54) is 6.07 Å². The third-order valence-corrected chi connectivity index (χ3v) is 3.12. The number of nitro groups is 1. The number of methoxy groups -OCH3 is 1. The second kappa shape index (κ2) is 6.21. The van der Waals surface area contributed by atoms with Gasteiger partial charge in [0.15, 0.2) is 5.69 Å². The average Bonchev–Trinajstić information content (AvgIpc) is 2.47. The van der Waals surface area contributed by atoms with Gasteiger partial charge in [-0.3, -0.25) is 10.1 Å². The fourth-order valence-corrected chi connectivity index (χ4v) is 2.11. The van der Waals surface area contributed by atoms with E-state index in [0.717, 1.165) is 11.1 Å². The van der Waals surface area contributed by atoms with Gasteiger partial charge in [-0.1, -0.05) is 0 Å². The van der Waals surface area contributed by atoms with Gasteiger partial charge in [-0.15, -0.1) is 0 Å². The van der Waals surface area contributed by atoms with Crippen LogP contribution < -0.4 is 10.1 Å². The molecule has 1 N–H and O–H groups in total. The van der Waals surface area contributed by atoms with Crippen LogP contribution in [0.3, 0.4) is 0 Å². The van der Waals surface area contributed by atoms with E-state index in [-0.39, 0.29) is 5.69 Å². The van der Waals surface area contributed by atoms with Crippen LogP contribution in [0.4, 0.5) is 11.5 Å². The van der Waals surface area contributed by atoms with Crippen LogP contribution in [0.5, 0.6) is 5.75 Å². The fourth-order valence-electron chi connectivity index (χ4n) is 2.11. The molecule has 21 heavy (non-hydrogen) atoms. The van der Waals surface area contributed by atoms with Crippen LogP contribution in [-0.2, 0) is 0 Å². The molecule has 0 bridgehead atoms. The van der Waals surface area contributed by atoms with Crippen molar-refractivity contribution in [2.75, 3.05) is 19.0 Å². The number of benzene rings is 1. The summed E-state index contributed by atoms with van der Waals surface area (Å²) in [5.41, 5.74) is 1.95. The molecule has 0 saturated carbocycles. The van der Waals surface area contributed by atoms with Crippen molar-refractivity contribution in [1.29, 1.82) is 0 Å². The molecule has 0 aliphatic carbocycles. The number of ether oxygens (including phenoxy) is 1. The summed E-state index contributed by atoms with van der Waals surface area (Å²) < 4.78 is 5.16. The Morgan fingerprint density at radius 3 is 2.67 bits per heavy atom. The van der Waals surface area contributed by atoms with Crippen molar-refractivity contribution in [2.24, 2.45) is 0 Å². The Morgan fingerprint density at radius 2 is 2.10 bits per heavy atom. The van der Waals surface area contributed by atoms with Crippen molar-refractivity contribution in [3.63, 3.8) is 0 Å². The van der Waals surface area contributed by atoms with Crippen molar-refractivity contribution < 1.29 is 9.66 Å². The lowest BCUT2D eigenvalue weighted by molar-refractivity contribution is -0.384. The second-order valence-electron chi connectivity index (χ2n) is 4.53. The Hall–Kier alpha value is -2.63. The highest BCUT2D eigenvalue weighted by Gasteiger charge is 2.19. The molecule has 1 aromatic carbocycles. The van der Waals surface area contributed by atoms with E-state index in [1.807, 2.05) is 19.9 Å². The molecule has 0 unspecified atom stereocenters. The minimum Gasteiger partial charge on any atom is -0.497 e. The fraction of sp³-hybridized carbons (Fsp3) is 0.267. The number of nitrogens with one attached hydrogen (secondary N) is 1. The van der Waals surface area contributed by atoms with E-state index in [0.29, 0.717) is 23.8 Å². The van der Waals surface area contributed by atoms with E-state index < -0.39 is 4.92 Å². The van der Waals surface area contributed by atoms with Gasteiger partial charge < -0.3 is 10.1 Å². The number of aryl methyl sites for hydroxylation is 1. The molecule has 0 radical (unpaired) electrons. The molecule has 0 aliphatic heterocycles. The molecule has 110 valence electrons. The molecule has 0 atom stereocenters. The maximum atomic E-state index is 11.2. The van der Waals surface area contributed by atoms with Crippen molar-refractivity contribution in [1.82, 2.24) is 4.98 Å². The van der Waals surface area contributed by atoms with E-state index in [1.54, 1.807) is 25.3 Å². The predicted octanol–water partition coefficient (Wildman–Crippen LogP) is 3.41. The largest absolute Gasteiger partial charge is 0.497 e. The molecule has 0 aliphatic rings. The molecule has 6 heteroatoms. The van der Waals surface area contributed by atoms with Crippen LogP contribution in [-0.4, -0.2) is 23.6 Å². The lowest BCUT2D eigenvalue weighted by Crippen LogP contribution is -2.03. The minimum absolute atomic E-state index is 0.00933. The Labute approximate surface area is 122 Å². The third-order valence-electron chi connectivity index (χ3n) is 3.12. The summed E-state index contributed by atoms with van der Waals surface area (Å²) in [6.07, 6.45) is 0. The molecular weight excluding hydrogens is 270 g/mol. The lowest BCUT2D eigenvalue weighted by Gasteiger charge is -2.10. The Bertz CT molecular complexity index is 671. The summed E-state index contributed by atoms with van der Waals surface area (Å²) in [6.45, 7) is 4.52. The van der Waals surface area contributed by atoms with E-state index in [2.05, 4.69) is 10.3 Å². The molecule has 1 aromatic heterocycles. The quantitative estimate of drug-likeness (QED) is 0.673. The molecular formula is C15H17N3O3. The molecule has 1 heterocycles. The molecule has 0 amide bonds. The van der Waals surface area contributed by atoms with Gasteiger partial charge in [-0.2, -0.15) is 0 Å². The monoisotopic (exact) mass is 287 g/mol. The third kappa shape index (κ3) is 3.10. The Kier molecular flexibility index (Phi) is 4.37. The molecule has 0 spiro atoms. The highest BCUT2D eigenvalue weighted by molar-refractivity contribution is 5.74. The highest BCUT2D eigenvalue weighted by atomic mass is 16.6. The minimum atomic E-state index is -0.415. The van der Waals surface area contributed by atoms with Crippen LogP contribution in [0.15, 0.2) is 30.3 Å². The van der Waals surface area contributed by atoms with Gasteiger partial charge >= 0.3 is 0 Å². The Balaban J connectivity index is 2.59. The average molecular weight is 287 g/mol. The SMILES string of the molecule is CCNc1ccc([N+](=O)[O-])c(-c2ccc(OC)cc2C)n1. The number of hydrogen-bond donors (Lipinski definition) is 1. The molecule has 0 saturated heterocycles. The first kappa shape index (κ1) is 14.8. The van der Waals surface area contributed by atoms with Gasteiger partial charge in [0, 0.05) is 18.2 Å². The smallest absolute Gasteiger partial charge is 0.295 e. The van der Waals surface area contributed by atoms with Crippen LogP contribution in [0.1, 0.15) is 12.5 Å². The zero-order valence-electron chi connectivity index (χ0n) is 12.2. The summed E-state index contributed by atoms with van der Waals surface area (Å²) in [5, 5.41) is 14.3. The van der Waals surface area contributed by atoms with Crippen molar-refractivity contribution in [3.05, 3.63) is 46.0 Å². The van der Waals surface area contributed by atoms with E-state index >= 15 is 0 Å². The standard InChI is InChI=1S/C15H17N3O3/c1-4-16-14-8-7-13(18(19)20)15(17-14)12-6-5-11(21-3)9-10(12)2/h5-9H,4H2,1-3H3,(H,16,17). The number of anilines is 1. The zero-order chi connectivity index (χ0) is 15.4. The van der Waals surface area contributed by atoms with Gasteiger partial charge in [-0.05, 0) is 43.7 Å². The van der Waals surface area contributed by atoms with E-state index in [9.17, 15) is 10.1 Å². The van der Waals surface area contributed by atoms with Crippen molar-refractivity contribution >= 4 is 11.5 Å². The first-order valence-electron chi connectivity index (χ1n) is 6.61. The van der Waals surface area contributed by atoms with Crippen LogP contribution in [0.25, 0.3) is 11.3 Å². The van der Waals surface area contributed by atoms with Gasteiger partial charge in [0.25, 0.3) is 5.69 Å². The van der Waals surface area contributed by atoms with Crippen molar-refractivity contribution in [3.8, 4) is 17.0 Å². The zero-order valence-corrected chi connectivity index (χ0v) is 12.2. The molecule has 2 aromatic rings. The van der Waals surface area contributed by atoms with E-state index in [4.69, 9.17) is 4.74 Å². The number of nitrogens with zero attached hydrogens (tertiary/aromatic N) is 2. The number of pyridine rings is 1. The second-order valence-corrected chi connectivity index (χ2v) is 4.53. The van der Waals surface area contributed by atoms with Gasteiger partial charge in [0.2, 0.25) is 0 Å². The number of hydrogen-bond acceptors (Lipinski definition) is 5. The van der Waals surface area contributed by atoms with Crippen LogP contribution >= 0.6 is 0 Å². The highest BCUT2D eigenvalue weighted by Crippen LogP contribution is 2.33. The first-order valence-corrected chi connectivity index (χ1v) is 6.61. The molecule has 0 fully saturated rings. The number of rotatable bonds is 5. The van der Waals surface area contributed by atoms with Crippen molar-refractivity contribution in [2.45, 2.75) is 13.8 Å². The summed E-state index contributed by atoms with van der Waals surface area (Å²) in [4.78, 5) is 15.2. The normalized spacial score (nSPS) is 10.2. The molecule has 6 nitrogen and oxygen atoms in total. The van der Waals surface area contributed by atoms with Gasteiger partial charge in [-0.25, -0.2) is 4.98 Å². The number of aromatic nitrogens is 1. The summed E-state index contributed by atoms with van der Waals surface area (Å²) in [5.74, 6) is 1.33. The summed E-state index contributed by atoms with van der Waals surface area (Å²) in [6, 6.07) is 8.49. The van der Waals surface area contributed by atoms with Crippen LogP contribution in [0.2, 0.25) is 0 Å². The van der Waals surface area contributed by atoms with Gasteiger partial charge in [0.05, 0.1) is 12.0 Å². The maximum Gasteiger partial charge on any atom is 0.295 e. The van der Waals surface area contributed by atoms with Crippen LogP contribution in [0, 0.1) is 17.0 Å². The summed E-state index contributed by atoms with van der Waals surface area (Å²) >= 11 is 0. The maximum absolute atomic E-state index is 11.2. The first-order chi connectivity index (χ1) is 10.1. The van der Waals surface area contributed by atoms with Gasteiger partial charge in [0.1, 0.15) is 11.6 Å². The lowest BCUT2D eigenvalue weighted by atomic mass is 10.0. The predicted molar refractivity (Wildman–Crippen MR) is 81.8 cm³/mol. The molecule has 2 rings (SSSR count). The topological polar surface area (TPSA) is 77.3 Å².